The van der Waals surface area contributed by atoms with Crippen molar-refractivity contribution in [2.45, 2.75) is 46.3 Å². The lowest BCUT2D eigenvalue weighted by Gasteiger charge is -2.18. The zero-order valence-electron chi connectivity index (χ0n) is 12.6. The summed E-state index contributed by atoms with van der Waals surface area (Å²) in [7, 11) is 0. The van der Waals surface area contributed by atoms with Crippen LogP contribution in [0.1, 0.15) is 33.3 Å². The molecule has 0 aliphatic rings. The average Bonchev–Trinajstić information content (AvgIpc) is 2.34. The Kier molecular flexibility index (Phi) is 6.27. The molecule has 0 fully saturated rings. The third-order valence-corrected chi connectivity index (χ3v) is 2.47. The first-order chi connectivity index (χ1) is 9.79. The number of aromatic nitrogens is 1. The van der Waals surface area contributed by atoms with Crippen molar-refractivity contribution in [1.82, 2.24) is 4.98 Å². The van der Waals surface area contributed by atoms with Crippen molar-refractivity contribution >= 4 is 11.9 Å². The molecule has 116 valence electrons. The molecule has 6 heteroatoms. The molecule has 0 bridgehead atoms. The fourth-order valence-corrected chi connectivity index (χ4v) is 1.69. The van der Waals surface area contributed by atoms with Crippen molar-refractivity contribution in [2.24, 2.45) is 5.92 Å². The van der Waals surface area contributed by atoms with Crippen LogP contribution < -0.4 is 0 Å². The Labute approximate surface area is 123 Å². The molecule has 0 spiro atoms. The number of esters is 2. The van der Waals surface area contributed by atoms with E-state index in [9.17, 15) is 14.0 Å². The first kappa shape index (κ1) is 17.1. The van der Waals surface area contributed by atoms with Gasteiger partial charge in [-0.25, -0.2) is 4.39 Å². The van der Waals surface area contributed by atoms with Gasteiger partial charge in [-0.1, -0.05) is 0 Å². The van der Waals surface area contributed by atoms with Gasteiger partial charge in [0.05, 0.1) is 18.4 Å². The van der Waals surface area contributed by atoms with Crippen molar-refractivity contribution in [2.75, 3.05) is 0 Å². The molecule has 0 radical (unpaired) electrons. The van der Waals surface area contributed by atoms with E-state index in [0.717, 1.165) is 6.20 Å². The third kappa shape index (κ3) is 5.89. The second-order valence-corrected chi connectivity index (χ2v) is 5.24. The molecule has 0 aliphatic carbocycles. The van der Waals surface area contributed by atoms with E-state index in [1.807, 2.05) is 0 Å². The largest absolute Gasteiger partial charge is 0.462 e. The minimum absolute atomic E-state index is 0.0120. The van der Waals surface area contributed by atoms with Gasteiger partial charge in [-0.3, -0.25) is 14.6 Å². The highest BCUT2D eigenvalue weighted by molar-refractivity contribution is 5.95. The Morgan fingerprint density at radius 3 is 2.05 bits per heavy atom. The van der Waals surface area contributed by atoms with Gasteiger partial charge in [0.15, 0.2) is 5.92 Å². The highest BCUT2D eigenvalue weighted by atomic mass is 19.1. The molecule has 21 heavy (non-hydrogen) atoms. The van der Waals surface area contributed by atoms with Gasteiger partial charge >= 0.3 is 11.9 Å². The predicted octanol–water partition coefficient (Wildman–Crippen LogP) is 2.28. The monoisotopic (exact) mass is 297 g/mol. The SMILES string of the molecule is CC(C)OC(=O)C(Cc1cncc(F)c1)C(=O)OC(C)C. The fraction of sp³-hybridized carbons (Fsp3) is 0.533. The van der Waals surface area contributed by atoms with E-state index in [4.69, 9.17) is 9.47 Å². The molecule has 0 aliphatic heterocycles. The summed E-state index contributed by atoms with van der Waals surface area (Å²) in [4.78, 5) is 27.8. The molecule has 1 aromatic heterocycles. The first-order valence-electron chi connectivity index (χ1n) is 6.80. The molecule has 0 saturated heterocycles. The number of carbonyl (C=O) groups excluding carboxylic acids is 2. The number of nitrogens with zero attached hydrogens (tertiary/aromatic N) is 1. The van der Waals surface area contributed by atoms with Crippen molar-refractivity contribution in [3.8, 4) is 0 Å². The minimum atomic E-state index is -1.13. The Morgan fingerprint density at radius 1 is 1.10 bits per heavy atom. The molecule has 0 amide bonds. The minimum Gasteiger partial charge on any atom is -0.462 e. The van der Waals surface area contributed by atoms with Gasteiger partial charge in [0, 0.05) is 6.20 Å². The average molecular weight is 297 g/mol. The normalized spacial score (nSPS) is 11.0. The summed E-state index contributed by atoms with van der Waals surface area (Å²) in [6, 6.07) is 1.23. The summed E-state index contributed by atoms with van der Waals surface area (Å²) in [6.07, 6.45) is 1.75. The van der Waals surface area contributed by atoms with E-state index < -0.39 is 23.7 Å². The maximum absolute atomic E-state index is 13.1. The zero-order valence-corrected chi connectivity index (χ0v) is 12.6. The van der Waals surface area contributed by atoms with Crippen molar-refractivity contribution < 1.29 is 23.5 Å². The summed E-state index contributed by atoms with van der Waals surface area (Å²) in [5.74, 6) is -3.01. The highest BCUT2D eigenvalue weighted by Crippen LogP contribution is 2.15. The number of pyridine rings is 1. The smallest absolute Gasteiger partial charge is 0.320 e. The van der Waals surface area contributed by atoms with Gasteiger partial charge in [0.25, 0.3) is 0 Å². The lowest BCUT2D eigenvalue weighted by atomic mass is 10.0. The number of ether oxygens (including phenoxy) is 2. The quantitative estimate of drug-likeness (QED) is 0.595. The van der Waals surface area contributed by atoms with Crippen LogP contribution in [0.5, 0.6) is 0 Å². The number of halogens is 1. The molecule has 0 N–H and O–H groups in total. The van der Waals surface area contributed by atoms with E-state index in [1.165, 1.54) is 12.3 Å². The second-order valence-electron chi connectivity index (χ2n) is 5.24. The van der Waals surface area contributed by atoms with Crippen LogP contribution in [-0.2, 0) is 25.5 Å². The Hall–Kier alpha value is -1.98. The van der Waals surface area contributed by atoms with Gasteiger partial charge < -0.3 is 9.47 Å². The predicted molar refractivity (Wildman–Crippen MR) is 73.8 cm³/mol. The van der Waals surface area contributed by atoms with Crippen LogP contribution >= 0.6 is 0 Å². The molecule has 5 nitrogen and oxygen atoms in total. The van der Waals surface area contributed by atoms with E-state index in [1.54, 1.807) is 27.7 Å². The van der Waals surface area contributed by atoms with Crippen LogP contribution in [0, 0.1) is 11.7 Å². The summed E-state index contributed by atoms with van der Waals surface area (Å²) < 4.78 is 23.3. The molecule has 0 unspecified atom stereocenters. The van der Waals surface area contributed by atoms with Crippen molar-refractivity contribution in [3.63, 3.8) is 0 Å². The van der Waals surface area contributed by atoms with Crippen molar-refractivity contribution in [3.05, 3.63) is 29.8 Å². The number of hydrogen-bond acceptors (Lipinski definition) is 5. The maximum atomic E-state index is 13.1. The fourth-order valence-electron chi connectivity index (χ4n) is 1.69. The first-order valence-corrected chi connectivity index (χ1v) is 6.80. The van der Waals surface area contributed by atoms with Gasteiger partial charge in [-0.15, -0.1) is 0 Å². The molecular weight excluding hydrogens is 277 g/mol. The van der Waals surface area contributed by atoms with Gasteiger partial charge in [0.2, 0.25) is 0 Å². The summed E-state index contributed by atoms with van der Waals surface area (Å²) in [5, 5.41) is 0. The Balaban J connectivity index is 2.90. The molecule has 1 rings (SSSR count). The topological polar surface area (TPSA) is 65.5 Å². The van der Waals surface area contributed by atoms with Gasteiger partial charge in [-0.05, 0) is 45.7 Å². The van der Waals surface area contributed by atoms with E-state index in [-0.39, 0.29) is 18.6 Å². The molecular formula is C15H20FNO4. The van der Waals surface area contributed by atoms with Crippen molar-refractivity contribution in [1.29, 1.82) is 0 Å². The molecule has 0 atom stereocenters. The summed E-state index contributed by atoms with van der Waals surface area (Å²) >= 11 is 0. The highest BCUT2D eigenvalue weighted by Gasteiger charge is 2.31. The third-order valence-electron chi connectivity index (χ3n) is 2.47. The number of carbonyl (C=O) groups is 2. The van der Waals surface area contributed by atoms with Crippen LogP contribution in [0.4, 0.5) is 4.39 Å². The number of hydrogen-bond donors (Lipinski definition) is 0. The number of rotatable bonds is 6. The van der Waals surface area contributed by atoms with Crippen LogP contribution in [0.15, 0.2) is 18.5 Å². The zero-order chi connectivity index (χ0) is 16.0. The van der Waals surface area contributed by atoms with Gasteiger partial charge in [-0.2, -0.15) is 0 Å². The summed E-state index contributed by atoms with van der Waals surface area (Å²) in [6.45, 7) is 6.75. The molecule has 1 heterocycles. The molecule has 0 aromatic carbocycles. The Morgan fingerprint density at radius 2 is 1.62 bits per heavy atom. The lowest BCUT2D eigenvalue weighted by molar-refractivity contribution is -0.166. The molecule has 0 saturated carbocycles. The van der Waals surface area contributed by atoms with E-state index >= 15 is 0 Å². The molecule has 1 aromatic rings. The standard InChI is InChI=1S/C15H20FNO4/c1-9(2)20-14(18)13(15(19)21-10(3)4)6-11-5-12(16)8-17-7-11/h5,7-10,13H,6H2,1-4H3. The van der Waals surface area contributed by atoms with Crippen LogP contribution in [0.2, 0.25) is 0 Å². The van der Waals surface area contributed by atoms with E-state index in [0.29, 0.717) is 5.56 Å². The van der Waals surface area contributed by atoms with E-state index in [2.05, 4.69) is 4.98 Å². The van der Waals surface area contributed by atoms with Crippen LogP contribution in [-0.4, -0.2) is 29.1 Å². The second kappa shape index (κ2) is 7.71. The summed E-state index contributed by atoms with van der Waals surface area (Å²) in [5.41, 5.74) is 0.432. The van der Waals surface area contributed by atoms with Crippen LogP contribution in [0.25, 0.3) is 0 Å². The Bertz CT molecular complexity index is 480. The maximum Gasteiger partial charge on any atom is 0.320 e. The lowest BCUT2D eigenvalue weighted by Crippen LogP contribution is -2.32. The van der Waals surface area contributed by atoms with Crippen LogP contribution in [0.3, 0.4) is 0 Å². The van der Waals surface area contributed by atoms with Gasteiger partial charge in [0.1, 0.15) is 5.82 Å².